The van der Waals surface area contributed by atoms with Crippen molar-refractivity contribution in [1.82, 2.24) is 16.0 Å². The summed E-state index contributed by atoms with van der Waals surface area (Å²) in [6, 6.07) is 4.16. The first kappa shape index (κ1) is 33.6. The SMILES string of the molecule is CC(C)C(=O)OC([C@H](C[C@@H]1CCNC1=O)NC(=O)[C@H](CC1CCCCC1)NC(=O)OCc1cccc(Cl)c1)S(=O)(=O)O. The van der Waals surface area contributed by atoms with Crippen LogP contribution < -0.4 is 16.0 Å². The third kappa shape index (κ3) is 10.4. The summed E-state index contributed by atoms with van der Waals surface area (Å²) in [5, 5.41) is 8.27. The van der Waals surface area contributed by atoms with Gasteiger partial charge in [0.15, 0.2) is 0 Å². The number of alkyl carbamates (subject to hydrolysis) is 1. The van der Waals surface area contributed by atoms with Gasteiger partial charge in [0, 0.05) is 17.5 Å². The summed E-state index contributed by atoms with van der Waals surface area (Å²) in [7, 11) is -5.03. The Labute approximate surface area is 251 Å². The maximum atomic E-state index is 13.7. The van der Waals surface area contributed by atoms with Crippen molar-refractivity contribution in [3.05, 3.63) is 34.9 Å². The molecule has 2 fully saturated rings. The van der Waals surface area contributed by atoms with Crippen LogP contribution in [-0.2, 0) is 40.6 Å². The minimum Gasteiger partial charge on any atom is -0.445 e. The molecule has 3 rings (SSSR count). The van der Waals surface area contributed by atoms with Crippen LogP contribution in [0.25, 0.3) is 0 Å². The van der Waals surface area contributed by atoms with E-state index in [1.807, 2.05) is 0 Å². The molecule has 1 saturated heterocycles. The average Bonchev–Trinajstić information content (AvgIpc) is 3.33. The molecule has 4 N–H and O–H groups in total. The molecule has 0 spiro atoms. The standard InChI is InChI=1S/C28H40ClN3O9S/c1-17(2)26(35)41-27(42(37,38)39)23(15-20-11-12-30-24(20)33)31-25(34)22(14-18-7-4-3-5-8-18)32-28(36)40-16-19-9-6-10-21(29)13-19/h6,9-10,13,17-18,20,22-23,27H,3-5,7-8,11-12,14-16H2,1-2H3,(H,30,33)(H,31,34)(H,32,36)(H,37,38,39)/t20-,22-,23-,27?/m0/s1. The minimum atomic E-state index is -5.03. The van der Waals surface area contributed by atoms with Crippen LogP contribution >= 0.6 is 11.6 Å². The Morgan fingerprint density at radius 1 is 1.10 bits per heavy atom. The topological polar surface area (TPSA) is 177 Å². The van der Waals surface area contributed by atoms with Gasteiger partial charge in [-0.15, -0.1) is 0 Å². The van der Waals surface area contributed by atoms with Gasteiger partial charge >= 0.3 is 22.2 Å². The number of benzene rings is 1. The zero-order valence-corrected chi connectivity index (χ0v) is 25.4. The van der Waals surface area contributed by atoms with Gasteiger partial charge < -0.3 is 25.4 Å². The molecule has 1 saturated carbocycles. The molecule has 42 heavy (non-hydrogen) atoms. The molecule has 1 aliphatic heterocycles. The van der Waals surface area contributed by atoms with Crippen LogP contribution in [0.5, 0.6) is 0 Å². The number of rotatable bonds is 13. The maximum Gasteiger partial charge on any atom is 0.408 e. The number of hydrogen-bond acceptors (Lipinski definition) is 8. The van der Waals surface area contributed by atoms with Crippen molar-refractivity contribution in [3.63, 3.8) is 0 Å². The van der Waals surface area contributed by atoms with E-state index in [1.54, 1.807) is 24.3 Å². The highest BCUT2D eigenvalue weighted by Gasteiger charge is 2.42. The smallest absolute Gasteiger partial charge is 0.408 e. The van der Waals surface area contributed by atoms with Gasteiger partial charge in [0.05, 0.1) is 12.0 Å². The van der Waals surface area contributed by atoms with E-state index in [4.69, 9.17) is 21.1 Å². The predicted molar refractivity (Wildman–Crippen MR) is 154 cm³/mol. The lowest BCUT2D eigenvalue weighted by molar-refractivity contribution is -0.151. The first-order chi connectivity index (χ1) is 19.8. The molecular weight excluding hydrogens is 590 g/mol. The highest BCUT2D eigenvalue weighted by atomic mass is 35.5. The van der Waals surface area contributed by atoms with Crippen LogP contribution in [0.2, 0.25) is 5.02 Å². The van der Waals surface area contributed by atoms with E-state index in [-0.39, 0.29) is 31.3 Å². The molecule has 3 amide bonds. The predicted octanol–water partition coefficient (Wildman–Crippen LogP) is 3.33. The van der Waals surface area contributed by atoms with Crippen LogP contribution in [0.1, 0.15) is 70.8 Å². The Bertz CT molecular complexity index is 1220. The number of ether oxygens (including phenoxy) is 2. The summed E-state index contributed by atoms with van der Waals surface area (Å²) in [4.78, 5) is 51.1. The number of carbonyl (C=O) groups excluding carboxylic acids is 4. The molecule has 0 aromatic heterocycles. The molecule has 0 radical (unpaired) electrons. The lowest BCUT2D eigenvalue weighted by atomic mass is 9.84. The second kappa shape index (κ2) is 15.5. The molecule has 4 atom stereocenters. The van der Waals surface area contributed by atoms with E-state index < -0.39 is 57.4 Å². The Morgan fingerprint density at radius 3 is 2.40 bits per heavy atom. The second-order valence-electron chi connectivity index (χ2n) is 11.2. The van der Waals surface area contributed by atoms with Gasteiger partial charge in [-0.1, -0.05) is 69.7 Å². The largest absolute Gasteiger partial charge is 0.445 e. The lowest BCUT2D eigenvalue weighted by Gasteiger charge is -2.31. The first-order valence-corrected chi connectivity index (χ1v) is 16.1. The third-order valence-corrected chi connectivity index (χ3v) is 8.76. The van der Waals surface area contributed by atoms with Gasteiger partial charge in [0.2, 0.25) is 17.3 Å². The van der Waals surface area contributed by atoms with E-state index in [1.165, 1.54) is 13.8 Å². The Kier molecular flexibility index (Phi) is 12.4. The van der Waals surface area contributed by atoms with Crippen molar-refractivity contribution in [3.8, 4) is 0 Å². The highest BCUT2D eigenvalue weighted by molar-refractivity contribution is 7.86. The van der Waals surface area contributed by atoms with Gasteiger partial charge in [0.1, 0.15) is 12.6 Å². The van der Waals surface area contributed by atoms with Gasteiger partial charge in [-0.05, 0) is 42.9 Å². The molecule has 234 valence electrons. The molecule has 1 heterocycles. The number of hydrogen-bond donors (Lipinski definition) is 4. The minimum absolute atomic E-state index is 0.0977. The van der Waals surface area contributed by atoms with Gasteiger partial charge in [-0.25, -0.2) is 4.79 Å². The van der Waals surface area contributed by atoms with Crippen molar-refractivity contribution in [2.24, 2.45) is 17.8 Å². The zero-order valence-electron chi connectivity index (χ0n) is 23.8. The summed E-state index contributed by atoms with van der Waals surface area (Å²) in [5.74, 6) is -3.30. The lowest BCUT2D eigenvalue weighted by Crippen LogP contribution is -2.56. The normalized spacial score (nSPS) is 19.8. The fourth-order valence-corrected chi connectivity index (χ4v) is 6.27. The maximum absolute atomic E-state index is 13.7. The second-order valence-corrected chi connectivity index (χ2v) is 13.2. The Hall–Kier alpha value is -2.90. The number of carbonyl (C=O) groups is 4. The number of halogens is 1. The molecule has 0 bridgehead atoms. The summed E-state index contributed by atoms with van der Waals surface area (Å²) in [5.41, 5.74) is -1.52. The molecular formula is C28H40ClN3O9S. The van der Waals surface area contributed by atoms with Gasteiger partial charge in [-0.3, -0.25) is 18.9 Å². The zero-order chi connectivity index (χ0) is 30.9. The van der Waals surface area contributed by atoms with Crippen molar-refractivity contribution in [2.75, 3.05) is 6.54 Å². The fraction of sp³-hybridized carbons (Fsp3) is 0.643. The molecule has 1 aromatic carbocycles. The van der Waals surface area contributed by atoms with Gasteiger partial charge in [-0.2, -0.15) is 8.42 Å². The molecule has 12 nitrogen and oxygen atoms in total. The third-order valence-electron chi connectivity index (χ3n) is 7.52. The van der Waals surface area contributed by atoms with Crippen LogP contribution in [0.3, 0.4) is 0 Å². The van der Waals surface area contributed by atoms with E-state index >= 15 is 0 Å². The first-order valence-electron chi connectivity index (χ1n) is 14.3. The number of esters is 1. The average molecular weight is 630 g/mol. The van der Waals surface area contributed by atoms with Crippen molar-refractivity contribution >= 4 is 45.6 Å². The molecule has 1 unspecified atom stereocenters. The van der Waals surface area contributed by atoms with Gasteiger partial charge in [0.25, 0.3) is 0 Å². The van der Waals surface area contributed by atoms with Crippen molar-refractivity contribution in [1.29, 1.82) is 0 Å². The summed E-state index contributed by atoms with van der Waals surface area (Å²) in [6.45, 7) is 3.23. The number of nitrogens with one attached hydrogen (secondary N) is 3. The van der Waals surface area contributed by atoms with E-state index in [9.17, 15) is 32.1 Å². The van der Waals surface area contributed by atoms with Crippen LogP contribution in [0.15, 0.2) is 24.3 Å². The van der Waals surface area contributed by atoms with E-state index in [2.05, 4.69) is 16.0 Å². The highest BCUT2D eigenvalue weighted by Crippen LogP contribution is 2.28. The monoisotopic (exact) mass is 629 g/mol. The van der Waals surface area contributed by atoms with E-state index in [0.717, 1.165) is 32.1 Å². The van der Waals surface area contributed by atoms with Crippen molar-refractivity contribution < 1.29 is 41.6 Å². The van der Waals surface area contributed by atoms with Crippen molar-refractivity contribution in [2.45, 2.75) is 89.3 Å². The molecule has 1 aliphatic carbocycles. The number of amides is 3. The quantitative estimate of drug-likeness (QED) is 0.188. The Balaban J connectivity index is 1.81. The van der Waals surface area contributed by atoms with Crippen LogP contribution in [-0.4, -0.2) is 60.9 Å². The summed E-state index contributed by atoms with van der Waals surface area (Å²) >= 11 is 5.99. The molecule has 1 aromatic rings. The fourth-order valence-electron chi connectivity index (χ4n) is 5.25. The van der Waals surface area contributed by atoms with Crippen LogP contribution in [0, 0.1) is 17.8 Å². The molecule has 14 heteroatoms. The Morgan fingerprint density at radius 2 is 1.81 bits per heavy atom. The summed E-state index contributed by atoms with van der Waals surface area (Å²) < 4.78 is 45.3. The van der Waals surface area contributed by atoms with E-state index in [0.29, 0.717) is 23.6 Å². The molecule has 2 aliphatic rings. The summed E-state index contributed by atoms with van der Waals surface area (Å²) in [6.07, 6.45) is 4.28. The van der Waals surface area contributed by atoms with Crippen LogP contribution in [0.4, 0.5) is 4.79 Å².